The topological polar surface area (TPSA) is 115 Å². The number of benzene rings is 1. The molecule has 0 bridgehead atoms. The molecule has 8 nitrogen and oxygen atoms in total. The molecule has 0 aliphatic carbocycles. The third-order valence-corrected chi connectivity index (χ3v) is 5.36. The van der Waals surface area contributed by atoms with Gasteiger partial charge in [0.1, 0.15) is 5.76 Å². The first-order valence-electron chi connectivity index (χ1n) is 10.0. The minimum atomic E-state index is -0.740. The average Bonchev–Trinajstić information content (AvgIpc) is 2.74. The third kappa shape index (κ3) is 4.94. The maximum atomic E-state index is 12.5. The second-order valence-corrected chi connectivity index (χ2v) is 7.46. The Bertz CT molecular complexity index is 949. The molecule has 1 aliphatic rings. The van der Waals surface area contributed by atoms with Crippen LogP contribution in [0, 0.1) is 0 Å². The molecular weight excluding hydrogens is 388 g/mol. The molecule has 0 saturated carbocycles. The lowest BCUT2D eigenvalue weighted by molar-refractivity contribution is -0.118. The number of ether oxygens (including phenoxy) is 2. The Hall–Kier alpha value is -3.00. The molecule has 0 radical (unpaired) electrons. The van der Waals surface area contributed by atoms with Crippen molar-refractivity contribution in [3.8, 4) is 17.2 Å². The van der Waals surface area contributed by atoms with Gasteiger partial charge in [0.2, 0.25) is 17.1 Å². The van der Waals surface area contributed by atoms with Crippen LogP contribution < -0.4 is 20.6 Å². The fraction of sp³-hybridized carbons (Fsp3) is 0.455. The lowest BCUT2D eigenvalue weighted by Crippen LogP contribution is -2.29. The summed E-state index contributed by atoms with van der Waals surface area (Å²) in [5.41, 5.74) is 5.53. The summed E-state index contributed by atoms with van der Waals surface area (Å²) in [4.78, 5) is 26.5. The third-order valence-electron chi connectivity index (χ3n) is 5.36. The van der Waals surface area contributed by atoms with Crippen molar-refractivity contribution in [2.45, 2.75) is 38.1 Å². The zero-order valence-corrected chi connectivity index (χ0v) is 17.3. The summed E-state index contributed by atoms with van der Waals surface area (Å²) in [5.74, 6) is -0.391. The van der Waals surface area contributed by atoms with E-state index in [1.54, 1.807) is 18.2 Å². The van der Waals surface area contributed by atoms with Gasteiger partial charge in [0, 0.05) is 12.5 Å². The largest absolute Gasteiger partial charge is 0.502 e. The van der Waals surface area contributed by atoms with E-state index < -0.39 is 23.0 Å². The molecule has 1 aliphatic heterocycles. The minimum Gasteiger partial charge on any atom is -0.502 e. The number of carbonyl (C=O) groups is 1. The molecule has 3 N–H and O–H groups in total. The number of piperidine rings is 1. The second-order valence-electron chi connectivity index (χ2n) is 7.46. The number of likely N-dealkylation sites (tertiary alicyclic amines) is 1. The Morgan fingerprint density at radius 1 is 1.17 bits per heavy atom. The van der Waals surface area contributed by atoms with Gasteiger partial charge in [-0.2, -0.15) is 0 Å². The highest BCUT2D eigenvalue weighted by atomic mass is 16.5. The zero-order chi connectivity index (χ0) is 21.7. The normalized spacial score (nSPS) is 15.5. The molecule has 1 atom stereocenters. The van der Waals surface area contributed by atoms with E-state index in [1.807, 2.05) is 0 Å². The van der Waals surface area contributed by atoms with Crippen LogP contribution in [0.2, 0.25) is 0 Å². The van der Waals surface area contributed by atoms with Crippen LogP contribution in [-0.2, 0) is 11.3 Å². The first-order chi connectivity index (χ1) is 14.4. The van der Waals surface area contributed by atoms with E-state index in [2.05, 4.69) is 4.90 Å². The van der Waals surface area contributed by atoms with Gasteiger partial charge in [0.25, 0.3) is 0 Å². The standard InChI is InChI=1S/C22H28N2O6/c1-28-18-7-6-14(10-19(18)29-2)16(12-20(23)26)22-21(27)17(25)11-15(30-22)13-24-8-4-3-5-9-24/h6-7,10-11,16,27H,3-5,8-9,12-13H2,1-2H3,(H2,23,26)/t16-/m0/s1. The molecule has 8 heteroatoms. The molecule has 162 valence electrons. The van der Waals surface area contributed by atoms with Crippen molar-refractivity contribution in [3.63, 3.8) is 0 Å². The molecule has 0 spiro atoms. The number of primary amides is 1. The van der Waals surface area contributed by atoms with Gasteiger partial charge in [0.05, 0.1) is 26.7 Å². The van der Waals surface area contributed by atoms with Crippen LogP contribution in [0.4, 0.5) is 0 Å². The maximum absolute atomic E-state index is 12.5. The Labute approximate surface area is 175 Å². The molecule has 30 heavy (non-hydrogen) atoms. The number of aromatic hydroxyl groups is 1. The van der Waals surface area contributed by atoms with E-state index in [9.17, 15) is 14.7 Å². The van der Waals surface area contributed by atoms with E-state index in [0.717, 1.165) is 25.9 Å². The van der Waals surface area contributed by atoms with E-state index in [4.69, 9.17) is 19.6 Å². The first kappa shape index (κ1) is 21.7. The smallest absolute Gasteiger partial charge is 0.227 e. The van der Waals surface area contributed by atoms with E-state index >= 15 is 0 Å². The van der Waals surface area contributed by atoms with Gasteiger partial charge in [-0.25, -0.2) is 0 Å². The number of carbonyl (C=O) groups excluding carboxylic acids is 1. The van der Waals surface area contributed by atoms with Gasteiger partial charge in [-0.15, -0.1) is 0 Å². The quantitative estimate of drug-likeness (QED) is 0.679. The van der Waals surface area contributed by atoms with Crippen molar-refractivity contribution < 1.29 is 23.8 Å². The molecule has 2 aromatic rings. The summed E-state index contributed by atoms with van der Waals surface area (Å²) in [6, 6.07) is 6.41. The van der Waals surface area contributed by atoms with Crippen LogP contribution in [0.3, 0.4) is 0 Å². The summed E-state index contributed by atoms with van der Waals surface area (Å²) >= 11 is 0. The summed E-state index contributed by atoms with van der Waals surface area (Å²) in [6.07, 6.45) is 3.26. The number of methoxy groups -OCH3 is 2. The predicted molar refractivity (Wildman–Crippen MR) is 111 cm³/mol. The molecule has 1 aromatic heterocycles. The van der Waals surface area contributed by atoms with Crippen LogP contribution in [0.25, 0.3) is 0 Å². The highest BCUT2D eigenvalue weighted by molar-refractivity contribution is 5.75. The van der Waals surface area contributed by atoms with Gasteiger partial charge >= 0.3 is 0 Å². The van der Waals surface area contributed by atoms with Crippen LogP contribution >= 0.6 is 0 Å². The fourth-order valence-corrected chi connectivity index (χ4v) is 3.84. The number of amides is 1. The lowest BCUT2D eigenvalue weighted by Gasteiger charge is -2.26. The monoisotopic (exact) mass is 416 g/mol. The molecule has 1 saturated heterocycles. The molecule has 2 heterocycles. The van der Waals surface area contributed by atoms with Crippen molar-refractivity contribution in [3.05, 3.63) is 51.6 Å². The van der Waals surface area contributed by atoms with Gasteiger partial charge in [0.15, 0.2) is 17.3 Å². The summed E-state index contributed by atoms with van der Waals surface area (Å²) in [6.45, 7) is 2.33. The average molecular weight is 416 g/mol. The highest BCUT2D eigenvalue weighted by Gasteiger charge is 2.27. The Kier molecular flexibility index (Phi) is 6.99. The van der Waals surface area contributed by atoms with Gasteiger partial charge in [-0.1, -0.05) is 12.5 Å². The van der Waals surface area contributed by atoms with E-state index in [-0.39, 0.29) is 12.2 Å². The number of hydrogen-bond acceptors (Lipinski definition) is 7. The highest BCUT2D eigenvalue weighted by Crippen LogP contribution is 2.37. The predicted octanol–water partition coefficient (Wildman–Crippen LogP) is 2.36. The van der Waals surface area contributed by atoms with Crippen molar-refractivity contribution in [1.82, 2.24) is 4.90 Å². The zero-order valence-electron chi connectivity index (χ0n) is 17.3. The fourth-order valence-electron chi connectivity index (χ4n) is 3.84. The van der Waals surface area contributed by atoms with Crippen LogP contribution in [-0.4, -0.2) is 43.2 Å². The summed E-state index contributed by atoms with van der Waals surface area (Å²) in [5, 5.41) is 10.5. The van der Waals surface area contributed by atoms with Crippen molar-refractivity contribution in [2.24, 2.45) is 5.73 Å². The van der Waals surface area contributed by atoms with Gasteiger partial charge < -0.3 is 24.7 Å². The molecule has 1 fully saturated rings. The molecule has 3 rings (SSSR count). The summed E-state index contributed by atoms with van der Waals surface area (Å²) < 4.78 is 16.6. The van der Waals surface area contributed by atoms with Crippen molar-refractivity contribution in [1.29, 1.82) is 0 Å². The maximum Gasteiger partial charge on any atom is 0.227 e. The molecular formula is C22H28N2O6. The minimum absolute atomic E-state index is 0.0283. The van der Waals surface area contributed by atoms with Crippen molar-refractivity contribution in [2.75, 3.05) is 27.3 Å². The molecule has 1 aromatic carbocycles. The van der Waals surface area contributed by atoms with Crippen LogP contribution in [0.5, 0.6) is 17.2 Å². The van der Waals surface area contributed by atoms with E-state index in [0.29, 0.717) is 29.4 Å². The molecule has 1 amide bonds. The van der Waals surface area contributed by atoms with Gasteiger partial charge in [-0.05, 0) is 43.6 Å². The molecule has 0 unspecified atom stereocenters. The van der Waals surface area contributed by atoms with Crippen LogP contribution in [0.1, 0.15) is 48.7 Å². The number of nitrogens with two attached hydrogens (primary N) is 1. The Morgan fingerprint density at radius 2 is 1.87 bits per heavy atom. The first-order valence-corrected chi connectivity index (χ1v) is 10.0. The van der Waals surface area contributed by atoms with E-state index in [1.165, 1.54) is 26.7 Å². The van der Waals surface area contributed by atoms with Gasteiger partial charge in [-0.3, -0.25) is 14.5 Å². The Morgan fingerprint density at radius 3 is 2.50 bits per heavy atom. The SMILES string of the molecule is COc1ccc([C@H](CC(N)=O)c2oc(CN3CCCCC3)cc(=O)c2O)cc1OC. The number of rotatable bonds is 8. The van der Waals surface area contributed by atoms with Crippen LogP contribution in [0.15, 0.2) is 33.5 Å². The lowest BCUT2D eigenvalue weighted by atomic mass is 9.91. The number of nitrogens with zero attached hydrogens (tertiary/aromatic N) is 1. The Balaban J connectivity index is 2.03. The number of hydrogen-bond donors (Lipinski definition) is 2. The second kappa shape index (κ2) is 9.67. The van der Waals surface area contributed by atoms with Crippen molar-refractivity contribution >= 4 is 5.91 Å². The summed E-state index contributed by atoms with van der Waals surface area (Å²) in [7, 11) is 3.02.